The monoisotopic (exact) mass is 1660 g/mol. The van der Waals surface area contributed by atoms with Crippen molar-refractivity contribution in [2.45, 2.75) is 81.2 Å². The molecule has 600 valence electrons. The van der Waals surface area contributed by atoms with E-state index in [4.69, 9.17) is 27.7 Å². The van der Waals surface area contributed by atoms with Gasteiger partial charge >= 0.3 is 0 Å². The Morgan fingerprint density at radius 1 is 0.441 bits per heavy atom. The molecule has 12 heterocycles. The van der Waals surface area contributed by atoms with Gasteiger partial charge in [-0.2, -0.15) is 20.4 Å². The number of aromatic nitrogens is 12. The van der Waals surface area contributed by atoms with E-state index in [-0.39, 0.29) is 65.6 Å². The van der Waals surface area contributed by atoms with Crippen molar-refractivity contribution < 1.29 is 67.9 Å². The first-order valence-corrected chi connectivity index (χ1v) is 37.4. The first kappa shape index (κ1) is 81.9. The van der Waals surface area contributed by atoms with Gasteiger partial charge in [0.15, 0.2) is 46.0 Å². The molecule has 118 heavy (non-hydrogen) atoms. The molecular weight excluding hydrogens is 1580 g/mol. The molecule has 1 aliphatic carbocycles. The van der Waals surface area contributed by atoms with E-state index >= 15 is 0 Å². The number of primary amides is 4. The van der Waals surface area contributed by atoms with Crippen LogP contribution in [0.3, 0.4) is 0 Å². The van der Waals surface area contributed by atoms with E-state index in [9.17, 15) is 63.2 Å². The number of carbonyl (C=O) groups is 8. The van der Waals surface area contributed by atoms with Crippen molar-refractivity contribution in [3.63, 3.8) is 0 Å². The highest BCUT2D eigenvalue weighted by molar-refractivity contribution is 9.10. The summed E-state index contributed by atoms with van der Waals surface area (Å²) in [6.45, 7) is 6.13. The molecule has 35 heteroatoms. The zero-order chi connectivity index (χ0) is 84.7. The normalized spacial score (nSPS) is 19.6. The van der Waals surface area contributed by atoms with E-state index in [1.165, 1.54) is 71.3 Å². The summed E-state index contributed by atoms with van der Waals surface area (Å²) in [5, 5.41) is 60.6. The smallest absolute Gasteiger partial charge is 0.269 e. The van der Waals surface area contributed by atoms with Crippen LogP contribution < -0.4 is 27.7 Å². The standard InChI is InChI=1S/C22H25N5O3.C21H19N5O4.C20H16BrN5O3.C20H16FN5O3/c1-21(2)7-5-16-15(13-21)18(19(23)28)25-27(16)17-12-14(6-10-24-17)4-8-22(30)9-11-26(3)20(22)29;1-25-10-8-21(29,20(25)28)7-5-13-6-9-23-17(11-13)26-16-4-3-14(30-2)12-15(16)18(24-26)19(22)27;1-25-9-7-20(29,19(25)28)6-4-12-5-8-23-16(10-12)26-15-3-2-13(21)11-14(15)17(24-26)18(22)27;1-25-9-7-20(29,19(25)28)6-4-12-5-8-23-16(10-12)26-15-11-13(21)2-3-14(15)17(24-26)18(22)27/h6,10,12,30H,5,7,9,11,13H2,1-3H3,(H2,23,28);3-4,6,9,11-12,29H,8,10H2,1-2H3,(H2,22,27);2*2-3,5,8,10-11,29H,7,9H2,1H3,(H2,22,27)/t22-;21-;2*20-/m0000/s1. The molecule has 4 aliphatic heterocycles. The van der Waals surface area contributed by atoms with Crippen LogP contribution in [0.4, 0.5) is 4.39 Å². The van der Waals surface area contributed by atoms with Crippen LogP contribution in [0.15, 0.2) is 132 Å². The molecule has 4 atom stereocenters. The van der Waals surface area contributed by atoms with Gasteiger partial charge in [-0.1, -0.05) is 77.1 Å². The quantitative estimate of drug-likeness (QED) is 0.0962. The number of ether oxygens (including phenoxy) is 1. The number of likely N-dealkylation sites (tertiary alicyclic amines) is 4. The fraction of sp³-hybridized carbons (Fsp3) is 0.277. The first-order valence-electron chi connectivity index (χ1n) is 36.6. The second-order valence-corrected chi connectivity index (χ2v) is 30.3. The topological polar surface area (TPSA) is 467 Å². The van der Waals surface area contributed by atoms with Gasteiger partial charge in [0.1, 0.15) is 11.6 Å². The van der Waals surface area contributed by atoms with Crippen LogP contribution in [-0.4, -0.2) is 230 Å². The summed E-state index contributed by atoms with van der Waals surface area (Å²) in [5.41, 5.74) is 21.3. The number of methoxy groups -OCH3 is 1. The van der Waals surface area contributed by atoms with Crippen LogP contribution in [0, 0.1) is 58.6 Å². The van der Waals surface area contributed by atoms with Crippen LogP contribution in [-0.2, 0) is 32.0 Å². The Hall–Kier alpha value is -14.1. The number of pyridine rings is 4. The maximum Gasteiger partial charge on any atom is 0.269 e. The van der Waals surface area contributed by atoms with Gasteiger partial charge in [-0.05, 0) is 122 Å². The Morgan fingerprint density at radius 3 is 1.15 bits per heavy atom. The van der Waals surface area contributed by atoms with Crippen molar-refractivity contribution in [1.82, 2.24) is 78.7 Å². The Morgan fingerprint density at radius 2 is 0.788 bits per heavy atom. The van der Waals surface area contributed by atoms with Gasteiger partial charge in [-0.25, -0.2) is 43.1 Å². The Bertz CT molecular complexity index is 6310. The van der Waals surface area contributed by atoms with E-state index in [0.717, 1.165) is 35.0 Å². The zero-order valence-corrected chi connectivity index (χ0v) is 66.2. The first-order chi connectivity index (χ1) is 56.0. The molecule has 12 N–H and O–H groups in total. The fourth-order valence-corrected chi connectivity index (χ4v) is 14.2. The minimum Gasteiger partial charge on any atom is -0.497 e. The molecule has 4 fully saturated rings. The summed E-state index contributed by atoms with van der Waals surface area (Å²) < 4.78 is 25.7. The van der Waals surface area contributed by atoms with Gasteiger partial charge in [0.05, 0.1) is 29.4 Å². The number of hydrogen-bond donors (Lipinski definition) is 8. The van der Waals surface area contributed by atoms with Crippen LogP contribution >= 0.6 is 15.9 Å². The maximum atomic E-state index is 13.8. The van der Waals surface area contributed by atoms with Gasteiger partial charge in [-0.15, -0.1) is 0 Å². The third-order valence-electron chi connectivity index (χ3n) is 20.4. The lowest BCUT2D eigenvalue weighted by atomic mass is 9.76. The average molecular weight is 1660 g/mol. The molecule has 8 amide bonds. The predicted octanol–water partition coefficient (Wildman–Crippen LogP) is 3.13. The molecule has 8 aromatic heterocycles. The Balaban J connectivity index is 0.000000136. The molecule has 0 saturated carbocycles. The number of likely N-dealkylation sites (N-methyl/N-ethyl adjacent to an activating group) is 4. The third kappa shape index (κ3) is 16.6. The fourth-order valence-electron chi connectivity index (χ4n) is 13.8. The molecule has 0 spiro atoms. The van der Waals surface area contributed by atoms with E-state index in [1.807, 2.05) is 6.07 Å². The molecule has 5 aliphatic rings. The summed E-state index contributed by atoms with van der Waals surface area (Å²) in [6, 6.07) is 27.7. The van der Waals surface area contributed by atoms with E-state index in [2.05, 4.69) is 117 Å². The summed E-state index contributed by atoms with van der Waals surface area (Å²) in [4.78, 5) is 119. The number of benzene rings is 3. The number of aliphatic hydroxyl groups is 4. The Kier molecular flexibility index (Phi) is 22.4. The second kappa shape index (κ2) is 32.3. The highest BCUT2D eigenvalue weighted by Crippen LogP contribution is 2.38. The number of hydrogen-bond acceptors (Lipinski definition) is 21. The molecule has 0 unspecified atom stereocenters. The zero-order valence-electron chi connectivity index (χ0n) is 64.6. The lowest BCUT2D eigenvalue weighted by molar-refractivity contribution is -0.138. The SMILES string of the molecule is CN1CC[C@@](O)(C#Cc2ccnc(-n3nc(C(N)=O)c4c3CCC(C)(C)C4)c2)C1=O.CN1CC[C@@](O)(C#Cc2ccnc(-n3nc(C(N)=O)c4cc(Br)ccc43)c2)C1=O.CN1CC[C@@](O)(C#Cc2ccnc(-n3nc(C(N)=O)c4ccc(F)cc43)c2)C1=O.COc1ccc2c(c1)c(C(N)=O)nn2-c1cc(C#C[C@]2(O)CCN(C)C2=O)ccn1. The number of halogens is 2. The number of nitrogens with two attached hydrogens (primary N) is 4. The van der Waals surface area contributed by atoms with Crippen molar-refractivity contribution in [3.8, 4) is 76.4 Å². The number of rotatable bonds is 9. The summed E-state index contributed by atoms with van der Waals surface area (Å²) in [7, 11) is 8.03. The van der Waals surface area contributed by atoms with Crippen LogP contribution in [0.5, 0.6) is 5.75 Å². The average Bonchev–Trinajstić information content (AvgIpc) is 1.63. The lowest BCUT2D eigenvalue weighted by Crippen LogP contribution is -2.37. The molecule has 0 bridgehead atoms. The lowest BCUT2D eigenvalue weighted by Gasteiger charge is -2.29. The van der Waals surface area contributed by atoms with Crippen LogP contribution in [0.2, 0.25) is 0 Å². The van der Waals surface area contributed by atoms with Crippen molar-refractivity contribution in [2.75, 3.05) is 61.5 Å². The molecule has 11 aromatic rings. The highest BCUT2D eigenvalue weighted by Gasteiger charge is 2.46. The predicted molar refractivity (Wildman–Crippen MR) is 428 cm³/mol. The van der Waals surface area contributed by atoms with Gasteiger partial charge in [0.2, 0.25) is 22.4 Å². The number of fused-ring (bicyclic) bond motifs is 4. The van der Waals surface area contributed by atoms with Crippen molar-refractivity contribution >= 4 is 95.9 Å². The third-order valence-corrected chi connectivity index (χ3v) is 20.9. The maximum absolute atomic E-state index is 13.8. The molecule has 0 radical (unpaired) electrons. The Labute approximate surface area is 680 Å². The number of amides is 8. The van der Waals surface area contributed by atoms with Gasteiger partial charge in [0, 0.05) is 159 Å². The summed E-state index contributed by atoms with van der Waals surface area (Å²) in [6.07, 6.45) is 9.59. The molecule has 16 rings (SSSR count). The van der Waals surface area contributed by atoms with Crippen LogP contribution in [0.25, 0.3) is 56.0 Å². The largest absolute Gasteiger partial charge is 0.497 e. The molecular formula is C83H76BrFN20O13. The number of carbonyl (C=O) groups excluding carboxylic acids is 8. The molecule has 4 saturated heterocycles. The summed E-state index contributed by atoms with van der Waals surface area (Å²) in [5.74, 6) is 19.5. The molecule has 3 aromatic carbocycles. The van der Waals surface area contributed by atoms with E-state index in [1.54, 1.807) is 124 Å². The number of nitrogens with zero attached hydrogens (tertiary/aromatic N) is 16. The van der Waals surface area contributed by atoms with Crippen LogP contribution in [0.1, 0.15) is 121 Å². The van der Waals surface area contributed by atoms with E-state index in [0.29, 0.717) is 104 Å². The van der Waals surface area contributed by atoms with Crippen molar-refractivity contribution in [2.24, 2.45) is 28.3 Å². The van der Waals surface area contributed by atoms with E-state index < -0.39 is 69.6 Å². The highest BCUT2D eigenvalue weighted by atomic mass is 79.9. The van der Waals surface area contributed by atoms with Gasteiger partial charge < -0.3 is 67.7 Å². The van der Waals surface area contributed by atoms with Gasteiger partial charge in [-0.3, -0.25) is 38.4 Å². The minimum absolute atomic E-state index is 0.00723. The van der Waals surface area contributed by atoms with Crippen molar-refractivity contribution in [3.05, 3.63) is 194 Å². The van der Waals surface area contributed by atoms with Gasteiger partial charge in [0.25, 0.3) is 47.3 Å². The molecule has 33 nitrogen and oxygen atoms in total. The minimum atomic E-state index is -1.72. The second-order valence-electron chi connectivity index (χ2n) is 29.4. The van der Waals surface area contributed by atoms with Crippen molar-refractivity contribution in [1.29, 1.82) is 0 Å². The summed E-state index contributed by atoms with van der Waals surface area (Å²) >= 11 is 3.38.